The number of nitrogens with two attached hydrogens (primary N) is 1. The number of nitrogens with one attached hydrogen (secondary N) is 7. The summed E-state index contributed by atoms with van der Waals surface area (Å²) in [6.45, 7) is 5.42. The third-order valence-electron chi connectivity index (χ3n) is 9.54. The number of aromatic nitrogens is 2. The predicted octanol–water partition coefficient (Wildman–Crippen LogP) is 2.90. The molecule has 1 aliphatic carbocycles. The van der Waals surface area contributed by atoms with Gasteiger partial charge in [0.05, 0.1) is 17.8 Å². The summed E-state index contributed by atoms with van der Waals surface area (Å²) in [6, 6.07) is 7.52. The maximum absolute atomic E-state index is 12.8. The molecule has 286 valence electrons. The number of para-hydroxylation sites is 1. The zero-order valence-corrected chi connectivity index (χ0v) is 30.3. The molecule has 0 bridgehead atoms. The van der Waals surface area contributed by atoms with E-state index in [9.17, 15) is 14.4 Å². The molecule has 2 amide bonds. The summed E-state index contributed by atoms with van der Waals surface area (Å²) >= 11 is 0. The predicted molar refractivity (Wildman–Crippen MR) is 202 cm³/mol. The Morgan fingerprint density at radius 3 is 2.46 bits per heavy atom. The van der Waals surface area contributed by atoms with E-state index in [-0.39, 0.29) is 50.2 Å². The summed E-state index contributed by atoms with van der Waals surface area (Å²) < 4.78 is 0. The highest BCUT2D eigenvalue weighted by Crippen LogP contribution is 2.25. The number of carbonyl (C=O) groups excluding carboxylic acids is 2. The summed E-state index contributed by atoms with van der Waals surface area (Å²) in [5.74, 6) is -0.375. The Labute approximate surface area is 306 Å². The molecular formula is C36H58N12O4. The molecule has 1 aliphatic heterocycles. The van der Waals surface area contributed by atoms with Crippen molar-refractivity contribution >= 4 is 40.5 Å². The Kier molecular flexibility index (Phi) is 17.5. The molecule has 2 aliphatic rings. The molecule has 16 heteroatoms. The van der Waals surface area contributed by atoms with Crippen molar-refractivity contribution in [1.82, 2.24) is 36.1 Å². The van der Waals surface area contributed by atoms with E-state index in [1.807, 2.05) is 24.3 Å². The van der Waals surface area contributed by atoms with E-state index in [4.69, 9.17) is 21.4 Å². The van der Waals surface area contributed by atoms with E-state index >= 15 is 0 Å². The third kappa shape index (κ3) is 14.3. The molecule has 0 spiro atoms. The van der Waals surface area contributed by atoms with Gasteiger partial charge in [-0.3, -0.25) is 14.4 Å². The van der Waals surface area contributed by atoms with Gasteiger partial charge >= 0.3 is 5.97 Å². The Morgan fingerprint density at radius 2 is 1.71 bits per heavy atom. The summed E-state index contributed by atoms with van der Waals surface area (Å²) in [5, 5.41) is 33.3. The van der Waals surface area contributed by atoms with Crippen LogP contribution in [-0.2, 0) is 14.4 Å². The van der Waals surface area contributed by atoms with Crippen LogP contribution in [0.5, 0.6) is 0 Å². The second-order valence-electron chi connectivity index (χ2n) is 13.6. The molecule has 16 nitrogen and oxygen atoms in total. The number of nitrogens with zero attached hydrogens (tertiary/aromatic N) is 4. The molecule has 0 unspecified atom stereocenters. The normalized spacial score (nSPS) is 16.3. The largest absolute Gasteiger partial charge is 0.480 e. The highest BCUT2D eigenvalue weighted by Gasteiger charge is 2.24. The number of piperidine rings is 1. The van der Waals surface area contributed by atoms with Gasteiger partial charge in [0.25, 0.3) is 0 Å². The maximum atomic E-state index is 12.8. The number of hydrogen-bond donors (Lipinski definition) is 9. The number of hydrogen-bond acceptors (Lipinski definition) is 13. The van der Waals surface area contributed by atoms with Gasteiger partial charge in [-0.1, -0.05) is 31.4 Å². The lowest BCUT2D eigenvalue weighted by Crippen LogP contribution is -2.43. The molecule has 0 radical (unpaired) electrons. The van der Waals surface area contributed by atoms with Crippen molar-refractivity contribution in [2.75, 3.05) is 63.0 Å². The lowest BCUT2D eigenvalue weighted by molar-refractivity contribution is -0.138. The van der Waals surface area contributed by atoms with Crippen LogP contribution >= 0.6 is 0 Å². The summed E-state index contributed by atoms with van der Waals surface area (Å²) in [5.41, 5.74) is 14.4. The van der Waals surface area contributed by atoms with Crippen molar-refractivity contribution in [3.8, 4) is 0 Å². The van der Waals surface area contributed by atoms with Crippen LogP contribution in [0.2, 0.25) is 0 Å². The molecule has 2 heterocycles. The Balaban J connectivity index is 1.15. The molecule has 1 atom stereocenters. The highest BCUT2D eigenvalue weighted by molar-refractivity contribution is 5.90. The summed E-state index contributed by atoms with van der Waals surface area (Å²) in [4.78, 5) is 46.8. The number of benzene rings is 1. The molecule has 4 rings (SSSR count). The van der Waals surface area contributed by atoms with E-state index in [0.29, 0.717) is 36.6 Å². The standard InChI is InChI=1S/C36H58N12O4/c37-30(35(51)52)12-13-32(49)42-21-14-33(50)48-22-15-27(16-23-48)44-34-29-10-4-5-11-31(29)45-36(46-34)43-25-28(47-38)24-40-19-6-17-39-18-7-20-41-26-8-2-1-3-9-26/h4-5,10-11,24,26-27,30,38-41H,1-3,6-9,12-23,25,37H2,(H,42,49)(H,51,52)(H2,43,44,45,46)/b28-24-,47-38?/t30-/m0/s1. The van der Waals surface area contributed by atoms with E-state index in [1.54, 1.807) is 11.1 Å². The topological polar surface area (TPSA) is 235 Å². The molecule has 1 aromatic heterocycles. The fourth-order valence-corrected chi connectivity index (χ4v) is 6.45. The van der Waals surface area contributed by atoms with Crippen molar-refractivity contribution in [2.24, 2.45) is 10.8 Å². The first-order chi connectivity index (χ1) is 25.3. The number of fused-ring (bicyclic) bond motifs is 1. The van der Waals surface area contributed by atoms with Crippen molar-refractivity contribution in [3.05, 3.63) is 36.2 Å². The van der Waals surface area contributed by atoms with Gasteiger partial charge in [0.15, 0.2) is 0 Å². The van der Waals surface area contributed by atoms with Gasteiger partial charge in [-0.25, -0.2) is 10.5 Å². The van der Waals surface area contributed by atoms with Crippen LogP contribution in [0.4, 0.5) is 11.8 Å². The average molecular weight is 723 g/mol. The number of aliphatic carboxylic acids is 1. The SMILES string of the molecule is N=N/C(=C\NCCCNCCCNC1CCCCC1)CNc1nc(NC2CCN(C(=O)CCNC(=O)CC[C@H](N)C(=O)O)CC2)c2ccccc2n1. The van der Waals surface area contributed by atoms with Gasteiger partial charge in [0.1, 0.15) is 11.9 Å². The minimum atomic E-state index is -1.14. The van der Waals surface area contributed by atoms with Gasteiger partial charge in [-0.05, 0) is 76.7 Å². The molecule has 2 fully saturated rings. The average Bonchev–Trinajstić information content (AvgIpc) is 3.16. The molecule has 2 aromatic rings. The number of carboxylic acid groups (broad SMARTS) is 1. The quantitative estimate of drug-likeness (QED) is 0.0595. The second-order valence-corrected chi connectivity index (χ2v) is 13.6. The zero-order chi connectivity index (χ0) is 37.0. The monoisotopic (exact) mass is 722 g/mol. The number of anilines is 2. The van der Waals surface area contributed by atoms with Crippen LogP contribution in [0.25, 0.3) is 10.9 Å². The van der Waals surface area contributed by atoms with Crippen LogP contribution in [0, 0.1) is 5.53 Å². The Bertz CT molecular complexity index is 1460. The summed E-state index contributed by atoms with van der Waals surface area (Å²) in [6.07, 6.45) is 12.3. The molecular weight excluding hydrogens is 664 g/mol. The molecule has 1 saturated carbocycles. The number of amides is 2. The fraction of sp³-hybridized carbons (Fsp3) is 0.639. The smallest absolute Gasteiger partial charge is 0.320 e. The van der Waals surface area contributed by atoms with Crippen molar-refractivity contribution in [1.29, 1.82) is 5.53 Å². The summed E-state index contributed by atoms with van der Waals surface area (Å²) in [7, 11) is 0. The second kappa shape index (κ2) is 22.5. The Hall–Kier alpha value is -4.41. The van der Waals surface area contributed by atoms with Crippen LogP contribution in [0.3, 0.4) is 0 Å². The van der Waals surface area contributed by atoms with Crippen LogP contribution in [0.15, 0.2) is 41.3 Å². The molecule has 1 aromatic carbocycles. The van der Waals surface area contributed by atoms with Crippen LogP contribution in [-0.4, -0.2) is 108 Å². The minimum absolute atomic E-state index is 0.000758. The van der Waals surface area contributed by atoms with Gasteiger partial charge in [0, 0.05) is 62.7 Å². The van der Waals surface area contributed by atoms with Crippen molar-refractivity contribution < 1.29 is 19.5 Å². The first-order valence-corrected chi connectivity index (χ1v) is 18.9. The van der Waals surface area contributed by atoms with Gasteiger partial charge in [0.2, 0.25) is 17.8 Å². The first kappa shape index (κ1) is 40.4. The van der Waals surface area contributed by atoms with E-state index in [1.165, 1.54) is 32.1 Å². The van der Waals surface area contributed by atoms with E-state index < -0.39 is 12.0 Å². The first-order valence-electron chi connectivity index (χ1n) is 18.9. The minimum Gasteiger partial charge on any atom is -0.480 e. The van der Waals surface area contributed by atoms with Gasteiger partial charge in [-0.15, -0.1) is 0 Å². The van der Waals surface area contributed by atoms with Crippen molar-refractivity contribution in [2.45, 2.75) is 95.2 Å². The molecule has 1 saturated heterocycles. The maximum Gasteiger partial charge on any atom is 0.320 e. The molecule has 10 N–H and O–H groups in total. The highest BCUT2D eigenvalue weighted by atomic mass is 16.4. The van der Waals surface area contributed by atoms with Crippen LogP contribution < -0.4 is 37.6 Å². The van der Waals surface area contributed by atoms with Gasteiger partial charge < -0.3 is 47.6 Å². The molecule has 52 heavy (non-hydrogen) atoms. The van der Waals surface area contributed by atoms with Crippen molar-refractivity contribution in [3.63, 3.8) is 0 Å². The lowest BCUT2D eigenvalue weighted by atomic mass is 9.95. The van der Waals surface area contributed by atoms with E-state index in [2.05, 4.69) is 42.0 Å². The van der Waals surface area contributed by atoms with Gasteiger partial charge in [-0.2, -0.15) is 10.1 Å². The lowest BCUT2D eigenvalue weighted by Gasteiger charge is -2.33. The number of carboxylic acids is 1. The van der Waals surface area contributed by atoms with Crippen LogP contribution in [0.1, 0.15) is 77.0 Å². The fourth-order valence-electron chi connectivity index (χ4n) is 6.45. The number of rotatable bonds is 23. The third-order valence-corrected chi connectivity index (χ3v) is 9.54. The Morgan fingerprint density at radius 1 is 0.962 bits per heavy atom. The van der Waals surface area contributed by atoms with E-state index in [0.717, 1.165) is 62.8 Å². The number of carbonyl (C=O) groups is 3. The zero-order valence-electron chi connectivity index (χ0n) is 30.3. The number of likely N-dealkylation sites (tertiary alicyclic amines) is 1.